The van der Waals surface area contributed by atoms with E-state index in [4.69, 9.17) is 4.98 Å². The van der Waals surface area contributed by atoms with E-state index in [1.807, 2.05) is 13.0 Å². The maximum Gasteiger partial charge on any atom is 0.160 e. The van der Waals surface area contributed by atoms with Crippen LogP contribution in [0.3, 0.4) is 0 Å². The highest BCUT2D eigenvalue weighted by Crippen LogP contribution is 2.42. The predicted molar refractivity (Wildman–Crippen MR) is 121 cm³/mol. The molecule has 0 unspecified atom stereocenters. The average Bonchev–Trinajstić information content (AvgIpc) is 3.45. The van der Waals surface area contributed by atoms with Crippen molar-refractivity contribution in [1.82, 2.24) is 19.3 Å². The molecule has 3 aromatic rings. The lowest BCUT2D eigenvalue weighted by Crippen LogP contribution is -2.44. The largest absolute Gasteiger partial charge is 0.379 e. The number of hydrogen-bond acceptors (Lipinski definition) is 5. The van der Waals surface area contributed by atoms with Crippen molar-refractivity contribution in [1.29, 1.82) is 0 Å². The quantitative estimate of drug-likeness (QED) is 0.589. The van der Waals surface area contributed by atoms with E-state index in [2.05, 4.69) is 72.0 Å². The van der Waals surface area contributed by atoms with Crippen LogP contribution in [-0.4, -0.2) is 52.5 Å². The molecule has 0 amide bonds. The Morgan fingerprint density at radius 1 is 1.07 bits per heavy atom. The Kier molecular flexibility index (Phi) is 4.95. The third-order valence-corrected chi connectivity index (χ3v) is 6.30. The van der Waals surface area contributed by atoms with Crippen molar-refractivity contribution in [3.63, 3.8) is 0 Å². The fourth-order valence-electron chi connectivity index (χ4n) is 4.08. The molecule has 152 valence electrons. The Bertz CT molecular complexity index is 1010. The Labute approximate surface area is 180 Å². The van der Waals surface area contributed by atoms with E-state index in [-0.39, 0.29) is 0 Å². The summed E-state index contributed by atoms with van der Waals surface area (Å²) in [5, 5.41) is 3.49. The SMILES string of the molecule is Cc1cc(NCc2cn3cc(C4CC4)cc(N4CCN(C)CC4)c3n2)cc(Br)n1. The predicted octanol–water partition coefficient (Wildman–Crippen LogP) is 4.04. The molecular formula is C22H27BrN6. The number of anilines is 2. The summed E-state index contributed by atoms with van der Waals surface area (Å²) in [5.41, 5.74) is 6.91. The summed E-state index contributed by atoms with van der Waals surface area (Å²) in [4.78, 5) is 14.3. The van der Waals surface area contributed by atoms with Crippen molar-refractivity contribution < 1.29 is 0 Å². The first-order valence-corrected chi connectivity index (χ1v) is 11.2. The molecule has 7 heteroatoms. The van der Waals surface area contributed by atoms with Crippen LogP contribution in [-0.2, 0) is 6.54 Å². The number of nitrogens with one attached hydrogen (secondary N) is 1. The zero-order valence-electron chi connectivity index (χ0n) is 17.0. The van der Waals surface area contributed by atoms with Gasteiger partial charge in [0, 0.05) is 50.0 Å². The summed E-state index contributed by atoms with van der Waals surface area (Å²) in [6, 6.07) is 6.46. The maximum absolute atomic E-state index is 5.01. The maximum atomic E-state index is 5.01. The number of fused-ring (bicyclic) bond motifs is 1. The Morgan fingerprint density at radius 3 is 2.59 bits per heavy atom. The van der Waals surface area contributed by atoms with E-state index in [0.29, 0.717) is 6.54 Å². The minimum atomic E-state index is 0.693. The Morgan fingerprint density at radius 2 is 1.86 bits per heavy atom. The van der Waals surface area contributed by atoms with Crippen LogP contribution in [0.4, 0.5) is 11.4 Å². The van der Waals surface area contributed by atoms with Crippen LogP contribution >= 0.6 is 15.9 Å². The summed E-state index contributed by atoms with van der Waals surface area (Å²) in [7, 11) is 2.20. The second-order valence-corrected chi connectivity index (χ2v) is 9.17. The number of pyridine rings is 2. The zero-order valence-corrected chi connectivity index (χ0v) is 18.6. The van der Waals surface area contributed by atoms with Gasteiger partial charge in [0.05, 0.1) is 17.9 Å². The van der Waals surface area contributed by atoms with Crippen LogP contribution in [0.2, 0.25) is 0 Å². The van der Waals surface area contributed by atoms with E-state index in [1.54, 1.807) is 0 Å². The first kappa shape index (κ1) is 18.9. The summed E-state index contributed by atoms with van der Waals surface area (Å²) < 4.78 is 3.09. The number of aromatic nitrogens is 3. The molecule has 1 saturated carbocycles. The monoisotopic (exact) mass is 454 g/mol. The van der Waals surface area contributed by atoms with E-state index in [0.717, 1.165) is 59.4 Å². The molecule has 1 saturated heterocycles. The van der Waals surface area contributed by atoms with Gasteiger partial charge in [0.2, 0.25) is 0 Å². The number of piperazine rings is 1. The minimum Gasteiger partial charge on any atom is -0.379 e. The van der Waals surface area contributed by atoms with E-state index < -0.39 is 0 Å². The fourth-order valence-corrected chi connectivity index (χ4v) is 4.61. The van der Waals surface area contributed by atoms with Crippen LogP contribution in [0.1, 0.15) is 35.7 Å². The van der Waals surface area contributed by atoms with Gasteiger partial charge in [-0.1, -0.05) is 0 Å². The molecule has 4 heterocycles. The number of halogens is 1. The first-order valence-electron chi connectivity index (χ1n) is 10.4. The molecule has 3 aromatic heterocycles. The topological polar surface area (TPSA) is 48.7 Å². The number of nitrogens with zero attached hydrogens (tertiary/aromatic N) is 5. The highest BCUT2D eigenvalue weighted by Gasteiger charge is 2.27. The summed E-state index contributed by atoms with van der Waals surface area (Å²) in [6.07, 6.45) is 7.09. The number of hydrogen-bond donors (Lipinski definition) is 1. The molecule has 2 fully saturated rings. The number of aryl methyl sites for hydroxylation is 1. The van der Waals surface area contributed by atoms with Crippen molar-refractivity contribution in [2.24, 2.45) is 0 Å². The zero-order chi connectivity index (χ0) is 20.0. The molecular weight excluding hydrogens is 428 g/mol. The van der Waals surface area contributed by atoms with Gasteiger partial charge in [0.1, 0.15) is 4.60 Å². The van der Waals surface area contributed by atoms with Crippen molar-refractivity contribution in [3.05, 3.63) is 52.1 Å². The molecule has 6 nitrogen and oxygen atoms in total. The van der Waals surface area contributed by atoms with Gasteiger partial charge >= 0.3 is 0 Å². The van der Waals surface area contributed by atoms with E-state index in [1.165, 1.54) is 24.1 Å². The van der Waals surface area contributed by atoms with Gasteiger partial charge in [-0.15, -0.1) is 0 Å². The molecule has 1 aliphatic heterocycles. The van der Waals surface area contributed by atoms with E-state index in [9.17, 15) is 0 Å². The van der Waals surface area contributed by atoms with Gasteiger partial charge in [-0.25, -0.2) is 9.97 Å². The van der Waals surface area contributed by atoms with Gasteiger partial charge in [0.25, 0.3) is 0 Å². The van der Waals surface area contributed by atoms with Crippen molar-refractivity contribution >= 4 is 33.0 Å². The van der Waals surface area contributed by atoms with Crippen LogP contribution in [0.5, 0.6) is 0 Å². The van der Waals surface area contributed by atoms with Crippen LogP contribution in [0, 0.1) is 6.92 Å². The average molecular weight is 455 g/mol. The lowest BCUT2D eigenvalue weighted by atomic mass is 10.1. The standard InChI is InChI=1S/C22H27BrN6/c1-15-9-18(11-21(23)25-15)24-12-19-14-29-13-17(16-3-4-16)10-20(22(29)26-19)28-7-5-27(2)6-8-28/h9-11,13-14,16H,3-8,12H2,1-2H3,(H,24,25). The van der Waals surface area contributed by atoms with Gasteiger partial charge < -0.3 is 19.5 Å². The lowest BCUT2D eigenvalue weighted by molar-refractivity contribution is 0.313. The molecule has 1 N–H and O–H groups in total. The first-order chi connectivity index (χ1) is 14.0. The van der Waals surface area contributed by atoms with Gasteiger partial charge in [-0.3, -0.25) is 0 Å². The van der Waals surface area contributed by atoms with Crippen molar-refractivity contribution in [2.75, 3.05) is 43.4 Å². The van der Waals surface area contributed by atoms with E-state index >= 15 is 0 Å². The lowest BCUT2D eigenvalue weighted by Gasteiger charge is -2.34. The highest BCUT2D eigenvalue weighted by atomic mass is 79.9. The molecule has 0 spiro atoms. The normalized spacial score (nSPS) is 17.8. The number of imidazole rings is 1. The molecule has 1 aliphatic carbocycles. The smallest absolute Gasteiger partial charge is 0.160 e. The van der Waals surface area contributed by atoms with Crippen molar-refractivity contribution in [2.45, 2.75) is 32.2 Å². The Balaban J connectivity index is 1.44. The minimum absolute atomic E-state index is 0.693. The highest BCUT2D eigenvalue weighted by molar-refractivity contribution is 9.10. The van der Waals surface area contributed by atoms with Crippen LogP contribution in [0.25, 0.3) is 5.65 Å². The third kappa shape index (κ3) is 4.12. The van der Waals surface area contributed by atoms with Gasteiger partial charge in [-0.2, -0.15) is 0 Å². The summed E-state index contributed by atoms with van der Waals surface area (Å²) in [5.74, 6) is 0.728. The fraction of sp³-hybridized carbons (Fsp3) is 0.455. The Hall–Kier alpha value is -2.12. The molecule has 0 atom stereocenters. The second-order valence-electron chi connectivity index (χ2n) is 8.36. The number of likely N-dealkylation sites (N-methyl/N-ethyl adjacent to an activating group) is 1. The molecule has 5 rings (SSSR count). The van der Waals surface area contributed by atoms with Crippen LogP contribution < -0.4 is 10.2 Å². The molecule has 0 aromatic carbocycles. The van der Waals surface area contributed by atoms with Crippen LogP contribution in [0.15, 0.2) is 35.2 Å². The summed E-state index contributed by atoms with van der Waals surface area (Å²) >= 11 is 3.47. The number of rotatable bonds is 5. The van der Waals surface area contributed by atoms with Crippen molar-refractivity contribution in [3.8, 4) is 0 Å². The molecule has 0 bridgehead atoms. The molecule has 0 radical (unpaired) electrons. The molecule has 2 aliphatic rings. The van der Waals surface area contributed by atoms with Gasteiger partial charge in [0.15, 0.2) is 5.65 Å². The summed E-state index contributed by atoms with van der Waals surface area (Å²) in [6.45, 7) is 7.02. The van der Waals surface area contributed by atoms with Gasteiger partial charge in [-0.05, 0) is 72.4 Å². The third-order valence-electron chi connectivity index (χ3n) is 5.89. The second kappa shape index (κ2) is 7.61. The molecule has 29 heavy (non-hydrogen) atoms.